The molecule has 0 fully saturated rings. The van der Waals surface area contributed by atoms with Crippen LogP contribution in [0.3, 0.4) is 0 Å². The monoisotopic (exact) mass is 383 g/mol. The molecule has 0 saturated carbocycles. The topological polar surface area (TPSA) is 56.1 Å². The zero-order valence-corrected chi connectivity index (χ0v) is 17.2. The molecule has 0 spiro atoms. The third-order valence-electron chi connectivity index (χ3n) is 4.42. The molecule has 0 aliphatic carbocycles. The van der Waals surface area contributed by atoms with E-state index in [1.807, 2.05) is 55.1 Å². The Morgan fingerprint density at radius 2 is 2.04 bits per heavy atom. The number of rotatable bonds is 6. The lowest BCUT2D eigenvalue weighted by molar-refractivity contribution is 0.102. The summed E-state index contributed by atoms with van der Waals surface area (Å²) in [5.74, 6) is 1.47. The van der Waals surface area contributed by atoms with Crippen molar-refractivity contribution < 1.29 is 9.53 Å². The van der Waals surface area contributed by atoms with Crippen LogP contribution in [-0.2, 0) is 6.61 Å². The summed E-state index contributed by atoms with van der Waals surface area (Å²) in [6, 6.07) is 9.98. The standard InChI is InChI=1S/C21H25N3O2S/c1-13(2)24-20(9-15(4)23-24)22-21(25)19-10-17(12-27-19)11-26-18-8-6-7-14(3)16(18)5/h6-10,12-13H,11H2,1-5H3,(H,22,25). The second kappa shape index (κ2) is 7.96. The molecule has 0 bridgehead atoms. The van der Waals surface area contributed by atoms with Crippen LogP contribution in [0.5, 0.6) is 5.75 Å². The lowest BCUT2D eigenvalue weighted by Gasteiger charge is -2.11. The van der Waals surface area contributed by atoms with Gasteiger partial charge < -0.3 is 10.1 Å². The molecular weight excluding hydrogens is 358 g/mol. The molecule has 0 saturated heterocycles. The largest absolute Gasteiger partial charge is 0.489 e. The highest BCUT2D eigenvalue weighted by molar-refractivity contribution is 7.12. The Bertz CT molecular complexity index is 956. The second-order valence-corrected chi connectivity index (χ2v) is 7.88. The quantitative estimate of drug-likeness (QED) is 0.630. The summed E-state index contributed by atoms with van der Waals surface area (Å²) in [7, 11) is 0. The number of benzene rings is 1. The first-order valence-corrected chi connectivity index (χ1v) is 9.87. The van der Waals surface area contributed by atoms with Gasteiger partial charge in [0.25, 0.3) is 5.91 Å². The molecule has 142 valence electrons. The van der Waals surface area contributed by atoms with E-state index in [-0.39, 0.29) is 11.9 Å². The number of nitrogens with zero attached hydrogens (tertiary/aromatic N) is 2. The maximum Gasteiger partial charge on any atom is 0.266 e. The highest BCUT2D eigenvalue weighted by Crippen LogP contribution is 2.24. The van der Waals surface area contributed by atoms with Crippen LogP contribution in [0, 0.1) is 20.8 Å². The first-order chi connectivity index (χ1) is 12.8. The summed E-state index contributed by atoms with van der Waals surface area (Å²) in [5, 5.41) is 9.35. The van der Waals surface area contributed by atoms with Crippen LogP contribution >= 0.6 is 11.3 Å². The van der Waals surface area contributed by atoms with Gasteiger partial charge in [-0.2, -0.15) is 5.10 Å². The fourth-order valence-electron chi connectivity index (χ4n) is 2.79. The van der Waals surface area contributed by atoms with Crippen LogP contribution in [0.2, 0.25) is 0 Å². The summed E-state index contributed by atoms with van der Waals surface area (Å²) in [6.07, 6.45) is 0. The molecule has 0 atom stereocenters. The van der Waals surface area contributed by atoms with Crippen LogP contribution in [0.25, 0.3) is 0 Å². The van der Waals surface area contributed by atoms with E-state index in [0.29, 0.717) is 17.3 Å². The number of nitrogens with one attached hydrogen (secondary N) is 1. The molecule has 1 amide bonds. The van der Waals surface area contributed by atoms with Gasteiger partial charge in [-0.1, -0.05) is 12.1 Å². The Balaban J connectivity index is 1.67. The summed E-state index contributed by atoms with van der Waals surface area (Å²) in [6.45, 7) is 10.6. The molecule has 3 aromatic rings. The minimum atomic E-state index is -0.125. The molecule has 0 unspecified atom stereocenters. The lowest BCUT2D eigenvalue weighted by atomic mass is 10.1. The van der Waals surface area contributed by atoms with Gasteiger partial charge in [-0.25, -0.2) is 4.68 Å². The van der Waals surface area contributed by atoms with Crippen molar-refractivity contribution in [1.82, 2.24) is 9.78 Å². The van der Waals surface area contributed by atoms with E-state index in [2.05, 4.69) is 30.3 Å². The molecule has 0 radical (unpaired) electrons. The number of thiophene rings is 1. The average molecular weight is 384 g/mol. The zero-order valence-electron chi connectivity index (χ0n) is 16.4. The number of anilines is 1. The fraction of sp³-hybridized carbons (Fsp3) is 0.333. The minimum absolute atomic E-state index is 0.125. The number of carbonyl (C=O) groups excluding carboxylic acids is 1. The zero-order chi connectivity index (χ0) is 19.6. The van der Waals surface area contributed by atoms with E-state index in [0.717, 1.165) is 22.6 Å². The maximum absolute atomic E-state index is 12.6. The predicted octanol–water partition coefficient (Wildman–Crippen LogP) is 5.28. The van der Waals surface area contributed by atoms with Crippen molar-refractivity contribution in [3.63, 3.8) is 0 Å². The first-order valence-electron chi connectivity index (χ1n) is 8.99. The SMILES string of the molecule is Cc1cc(NC(=O)c2cc(COc3cccc(C)c3C)cs2)n(C(C)C)n1. The summed E-state index contributed by atoms with van der Waals surface area (Å²) in [4.78, 5) is 13.3. The molecule has 3 rings (SSSR count). The van der Waals surface area contributed by atoms with E-state index in [1.54, 1.807) is 0 Å². The molecule has 1 aromatic carbocycles. The maximum atomic E-state index is 12.6. The Morgan fingerprint density at radius 3 is 2.78 bits per heavy atom. The fourth-order valence-corrected chi connectivity index (χ4v) is 3.59. The van der Waals surface area contributed by atoms with Crippen LogP contribution in [0.15, 0.2) is 35.7 Å². The Hall–Kier alpha value is -2.60. The lowest BCUT2D eigenvalue weighted by Crippen LogP contribution is -2.15. The van der Waals surface area contributed by atoms with Crippen molar-refractivity contribution >= 4 is 23.1 Å². The number of aromatic nitrogens is 2. The Morgan fingerprint density at radius 1 is 1.26 bits per heavy atom. The number of aryl methyl sites for hydroxylation is 2. The first kappa shape index (κ1) is 19.2. The molecule has 1 N–H and O–H groups in total. The van der Waals surface area contributed by atoms with Crippen LogP contribution in [0.4, 0.5) is 5.82 Å². The molecule has 2 heterocycles. The summed E-state index contributed by atoms with van der Waals surface area (Å²) < 4.78 is 7.75. The number of ether oxygens (including phenoxy) is 1. The molecule has 0 aliphatic rings. The number of amides is 1. The normalized spacial score (nSPS) is 11.0. The third kappa shape index (κ3) is 4.39. The summed E-state index contributed by atoms with van der Waals surface area (Å²) >= 11 is 1.42. The van der Waals surface area contributed by atoms with Gasteiger partial charge in [0.2, 0.25) is 0 Å². The van der Waals surface area contributed by atoms with Crippen molar-refractivity contribution in [2.45, 2.75) is 47.3 Å². The minimum Gasteiger partial charge on any atom is -0.489 e. The molecule has 5 nitrogen and oxygen atoms in total. The van der Waals surface area contributed by atoms with E-state index in [9.17, 15) is 4.79 Å². The molecule has 27 heavy (non-hydrogen) atoms. The highest BCUT2D eigenvalue weighted by Gasteiger charge is 2.15. The third-order valence-corrected chi connectivity index (χ3v) is 5.39. The Labute approximate surface area is 164 Å². The van der Waals surface area contributed by atoms with Crippen LogP contribution in [-0.4, -0.2) is 15.7 Å². The van der Waals surface area contributed by atoms with E-state index in [4.69, 9.17) is 4.74 Å². The van der Waals surface area contributed by atoms with Crippen LogP contribution < -0.4 is 10.1 Å². The van der Waals surface area contributed by atoms with Gasteiger partial charge in [0.05, 0.1) is 10.6 Å². The molecule has 2 aromatic heterocycles. The number of carbonyl (C=O) groups is 1. The van der Waals surface area contributed by atoms with Gasteiger partial charge in [0.1, 0.15) is 18.2 Å². The van der Waals surface area contributed by atoms with Crippen LogP contribution in [0.1, 0.15) is 51.9 Å². The van der Waals surface area contributed by atoms with Crippen molar-refractivity contribution in [3.05, 3.63) is 63.0 Å². The van der Waals surface area contributed by atoms with E-state index < -0.39 is 0 Å². The number of hydrogen-bond acceptors (Lipinski definition) is 4. The highest BCUT2D eigenvalue weighted by atomic mass is 32.1. The summed E-state index contributed by atoms with van der Waals surface area (Å²) in [5.41, 5.74) is 4.21. The van der Waals surface area contributed by atoms with E-state index in [1.165, 1.54) is 16.9 Å². The van der Waals surface area contributed by atoms with Gasteiger partial charge >= 0.3 is 0 Å². The second-order valence-electron chi connectivity index (χ2n) is 6.97. The smallest absolute Gasteiger partial charge is 0.266 e. The van der Waals surface area contributed by atoms with Gasteiger partial charge in [0, 0.05) is 17.7 Å². The van der Waals surface area contributed by atoms with Crippen molar-refractivity contribution in [3.8, 4) is 5.75 Å². The molecular formula is C21H25N3O2S. The van der Waals surface area contributed by atoms with Crippen molar-refractivity contribution in [2.75, 3.05) is 5.32 Å². The molecule has 0 aliphatic heterocycles. The van der Waals surface area contributed by atoms with Gasteiger partial charge in [-0.15, -0.1) is 11.3 Å². The van der Waals surface area contributed by atoms with Crippen molar-refractivity contribution in [2.24, 2.45) is 0 Å². The van der Waals surface area contributed by atoms with Crippen molar-refractivity contribution in [1.29, 1.82) is 0 Å². The van der Waals surface area contributed by atoms with Gasteiger partial charge in [-0.3, -0.25) is 4.79 Å². The van der Waals surface area contributed by atoms with E-state index >= 15 is 0 Å². The van der Waals surface area contributed by atoms with Gasteiger partial charge in [0.15, 0.2) is 0 Å². The Kier molecular flexibility index (Phi) is 5.65. The van der Waals surface area contributed by atoms with Gasteiger partial charge in [-0.05, 0) is 63.3 Å². The predicted molar refractivity (Wildman–Crippen MR) is 110 cm³/mol. The average Bonchev–Trinajstić information content (AvgIpc) is 3.23. The molecule has 6 heteroatoms. The number of hydrogen-bond donors (Lipinski definition) is 1.